The molecule has 1 rings (SSSR count). The molecule has 0 aromatic heterocycles. The normalized spacial score (nSPS) is 11.4. The average molecular weight is 318 g/mol. The summed E-state index contributed by atoms with van der Waals surface area (Å²) in [5, 5.41) is 13.0. The average Bonchev–Trinajstić information content (AvgIpc) is 2.42. The van der Waals surface area contributed by atoms with E-state index in [1.807, 2.05) is 13.8 Å². The third-order valence-electron chi connectivity index (χ3n) is 2.86. The van der Waals surface area contributed by atoms with E-state index in [-0.39, 0.29) is 36.7 Å². The first-order valence-electron chi connectivity index (χ1n) is 6.29. The number of nitro groups is 1. The van der Waals surface area contributed by atoms with Crippen molar-refractivity contribution in [1.82, 2.24) is 5.32 Å². The van der Waals surface area contributed by atoms with Crippen LogP contribution in [0.5, 0.6) is 0 Å². The number of hydrogen-bond donors (Lipinski definition) is 2. The molecule has 0 aliphatic rings. The van der Waals surface area contributed by atoms with Gasteiger partial charge in [-0.3, -0.25) is 10.1 Å². The smallest absolute Gasteiger partial charge is 0.407 e. The predicted octanol–water partition coefficient (Wildman–Crippen LogP) is 2.23. The van der Waals surface area contributed by atoms with Crippen LogP contribution in [0.15, 0.2) is 24.3 Å². The number of halogens is 1. The summed E-state index contributed by atoms with van der Waals surface area (Å²) < 4.78 is 4.98. The van der Waals surface area contributed by atoms with Crippen LogP contribution in [0.25, 0.3) is 0 Å². The number of carbonyl (C=O) groups is 1. The number of benzene rings is 1. The monoisotopic (exact) mass is 317 g/mol. The molecule has 1 aromatic carbocycles. The molecule has 0 aliphatic heterocycles. The Bertz CT molecular complexity index is 465. The molecule has 1 aromatic rings. The van der Waals surface area contributed by atoms with Gasteiger partial charge in [0.25, 0.3) is 5.69 Å². The van der Waals surface area contributed by atoms with E-state index in [9.17, 15) is 14.9 Å². The molecule has 118 valence electrons. The number of carbonyl (C=O) groups excluding carboxylic acids is 1. The van der Waals surface area contributed by atoms with Crippen LogP contribution in [0.4, 0.5) is 10.5 Å². The van der Waals surface area contributed by atoms with Crippen molar-refractivity contribution in [3.05, 3.63) is 39.9 Å². The molecule has 3 N–H and O–H groups in total. The molecular weight excluding hydrogens is 298 g/mol. The van der Waals surface area contributed by atoms with Crippen molar-refractivity contribution in [2.45, 2.75) is 26.5 Å². The van der Waals surface area contributed by atoms with Crippen LogP contribution < -0.4 is 11.1 Å². The van der Waals surface area contributed by atoms with Crippen LogP contribution in [-0.4, -0.2) is 23.6 Å². The highest BCUT2D eigenvalue weighted by molar-refractivity contribution is 5.85. The van der Waals surface area contributed by atoms with Gasteiger partial charge >= 0.3 is 6.09 Å². The lowest BCUT2D eigenvalue weighted by molar-refractivity contribution is -0.384. The van der Waals surface area contributed by atoms with Gasteiger partial charge in [0.2, 0.25) is 0 Å². The molecule has 0 fully saturated rings. The Morgan fingerprint density at radius 1 is 1.38 bits per heavy atom. The highest BCUT2D eigenvalue weighted by atomic mass is 35.5. The number of nitro benzene ring substituents is 1. The number of non-ortho nitro benzene ring substituents is 1. The maximum Gasteiger partial charge on any atom is 0.407 e. The van der Waals surface area contributed by atoms with E-state index in [4.69, 9.17) is 10.5 Å². The van der Waals surface area contributed by atoms with Crippen LogP contribution in [0.3, 0.4) is 0 Å². The van der Waals surface area contributed by atoms with Crippen molar-refractivity contribution in [1.29, 1.82) is 0 Å². The molecule has 0 bridgehead atoms. The van der Waals surface area contributed by atoms with Gasteiger partial charge in [-0.15, -0.1) is 12.4 Å². The second-order valence-corrected chi connectivity index (χ2v) is 4.79. The molecule has 8 heteroatoms. The topological polar surface area (TPSA) is 107 Å². The Morgan fingerprint density at radius 3 is 2.43 bits per heavy atom. The Hall–Kier alpha value is -1.86. The van der Waals surface area contributed by atoms with E-state index in [1.54, 1.807) is 12.1 Å². The first-order chi connectivity index (χ1) is 9.40. The van der Waals surface area contributed by atoms with Crippen molar-refractivity contribution in [3.63, 3.8) is 0 Å². The number of nitrogens with zero attached hydrogens (tertiary/aromatic N) is 1. The molecule has 21 heavy (non-hydrogen) atoms. The maximum atomic E-state index is 11.4. The fourth-order valence-corrected chi connectivity index (χ4v) is 1.35. The van der Waals surface area contributed by atoms with Crippen molar-refractivity contribution < 1.29 is 14.5 Å². The van der Waals surface area contributed by atoms with Gasteiger partial charge in [0.15, 0.2) is 0 Å². The summed E-state index contributed by atoms with van der Waals surface area (Å²) in [5.41, 5.74) is 6.46. The van der Waals surface area contributed by atoms with Gasteiger partial charge in [-0.1, -0.05) is 13.8 Å². The lowest BCUT2D eigenvalue weighted by atomic mass is 10.1. The first-order valence-corrected chi connectivity index (χ1v) is 6.29. The summed E-state index contributed by atoms with van der Waals surface area (Å²) in [5.74, 6) is 0.268. The number of rotatable bonds is 6. The molecule has 0 radical (unpaired) electrons. The highest BCUT2D eigenvalue weighted by Gasteiger charge is 2.10. The van der Waals surface area contributed by atoms with Crippen LogP contribution in [0.2, 0.25) is 0 Å². The van der Waals surface area contributed by atoms with Crippen molar-refractivity contribution in [2.24, 2.45) is 11.7 Å². The molecule has 0 saturated carbocycles. The summed E-state index contributed by atoms with van der Waals surface area (Å²) in [4.78, 5) is 21.4. The van der Waals surface area contributed by atoms with Crippen LogP contribution in [0, 0.1) is 16.0 Å². The Morgan fingerprint density at radius 2 is 1.95 bits per heavy atom. The van der Waals surface area contributed by atoms with Crippen molar-refractivity contribution in [3.8, 4) is 0 Å². The van der Waals surface area contributed by atoms with Crippen molar-refractivity contribution >= 4 is 24.2 Å². The van der Waals surface area contributed by atoms with E-state index < -0.39 is 11.0 Å². The Balaban J connectivity index is 0.00000400. The molecule has 0 heterocycles. The second kappa shape index (κ2) is 9.15. The molecule has 0 aliphatic carbocycles. The fraction of sp³-hybridized carbons (Fsp3) is 0.462. The van der Waals surface area contributed by atoms with Gasteiger partial charge in [0.1, 0.15) is 6.61 Å². The minimum Gasteiger partial charge on any atom is -0.445 e. The Kier molecular flexibility index (Phi) is 8.34. The number of alkyl carbamates (subject to hydrolysis) is 1. The Labute approximate surface area is 129 Å². The summed E-state index contributed by atoms with van der Waals surface area (Å²) in [6.45, 7) is 4.33. The van der Waals surface area contributed by atoms with E-state index in [0.717, 1.165) is 0 Å². The predicted molar refractivity (Wildman–Crippen MR) is 81.3 cm³/mol. The molecule has 0 spiro atoms. The van der Waals surface area contributed by atoms with Gasteiger partial charge in [0.05, 0.1) is 4.92 Å². The quantitative estimate of drug-likeness (QED) is 0.618. The molecule has 0 saturated heterocycles. The SMILES string of the molecule is CC(C)[C@H](N)CNC(=O)OCc1ccc([N+](=O)[O-])cc1.Cl. The lowest BCUT2D eigenvalue weighted by Gasteiger charge is -2.16. The van der Waals surface area contributed by atoms with Crippen LogP contribution in [-0.2, 0) is 11.3 Å². The fourth-order valence-electron chi connectivity index (χ4n) is 1.35. The minimum atomic E-state index is -0.556. The summed E-state index contributed by atoms with van der Waals surface area (Å²) in [6, 6.07) is 5.70. The second-order valence-electron chi connectivity index (χ2n) is 4.79. The molecule has 1 atom stereocenters. The third-order valence-corrected chi connectivity index (χ3v) is 2.86. The van der Waals surface area contributed by atoms with Gasteiger partial charge in [0, 0.05) is 24.7 Å². The summed E-state index contributed by atoms with van der Waals surface area (Å²) in [7, 11) is 0. The zero-order chi connectivity index (χ0) is 15.1. The van der Waals surface area contributed by atoms with E-state index >= 15 is 0 Å². The maximum absolute atomic E-state index is 11.4. The van der Waals surface area contributed by atoms with Crippen LogP contribution >= 0.6 is 12.4 Å². The number of hydrogen-bond acceptors (Lipinski definition) is 5. The van der Waals surface area contributed by atoms with E-state index in [2.05, 4.69) is 5.32 Å². The van der Waals surface area contributed by atoms with Crippen LogP contribution in [0.1, 0.15) is 19.4 Å². The molecule has 0 unspecified atom stereocenters. The minimum absolute atomic E-state index is 0. The first kappa shape index (κ1) is 19.1. The van der Waals surface area contributed by atoms with Crippen molar-refractivity contribution in [2.75, 3.05) is 6.54 Å². The lowest BCUT2D eigenvalue weighted by Crippen LogP contribution is -2.40. The van der Waals surface area contributed by atoms with Gasteiger partial charge in [-0.05, 0) is 23.6 Å². The van der Waals surface area contributed by atoms with Gasteiger partial charge < -0.3 is 15.8 Å². The number of nitrogens with one attached hydrogen (secondary N) is 1. The third kappa shape index (κ3) is 6.92. The van der Waals surface area contributed by atoms with E-state index in [1.165, 1.54) is 12.1 Å². The van der Waals surface area contributed by atoms with Gasteiger partial charge in [-0.25, -0.2) is 4.79 Å². The zero-order valence-electron chi connectivity index (χ0n) is 11.9. The number of ether oxygens (including phenoxy) is 1. The summed E-state index contributed by atoms with van der Waals surface area (Å²) in [6.07, 6.45) is -0.556. The molecule has 7 nitrogen and oxygen atoms in total. The molecule has 1 amide bonds. The van der Waals surface area contributed by atoms with Gasteiger partial charge in [-0.2, -0.15) is 0 Å². The largest absolute Gasteiger partial charge is 0.445 e. The molecular formula is C13H20ClN3O4. The number of nitrogens with two attached hydrogens (primary N) is 1. The highest BCUT2D eigenvalue weighted by Crippen LogP contribution is 2.12. The zero-order valence-corrected chi connectivity index (χ0v) is 12.8. The summed E-state index contributed by atoms with van der Waals surface area (Å²) >= 11 is 0. The standard InChI is InChI=1S/C13H19N3O4.ClH/c1-9(2)12(14)7-15-13(17)20-8-10-3-5-11(6-4-10)16(18)19;/h3-6,9,12H,7-8,14H2,1-2H3,(H,15,17);1H/t12-;/m1./s1. The number of amides is 1. The van der Waals surface area contributed by atoms with E-state index in [0.29, 0.717) is 12.1 Å².